The summed E-state index contributed by atoms with van der Waals surface area (Å²) in [6.07, 6.45) is -0.899. The molecule has 1 aliphatic heterocycles. The highest BCUT2D eigenvalue weighted by Crippen LogP contribution is 2.22. The van der Waals surface area contributed by atoms with Gasteiger partial charge in [-0.3, -0.25) is 43.2 Å². The Kier molecular flexibility index (Phi) is 23.4. The second-order valence-electron chi connectivity index (χ2n) is 17.3. The fraction of sp³-hybridized carbons (Fsp3) is 0.683. The lowest BCUT2D eigenvalue weighted by Gasteiger charge is -2.32. The number of nitrogens with one attached hydrogen (secondary N) is 8. The minimum atomic E-state index is -1.84. The third-order valence-electron chi connectivity index (χ3n) is 10.8. The number of aromatic nitrogens is 2. The van der Waals surface area contributed by atoms with E-state index in [2.05, 4.69) is 47.2 Å². The SMILES string of the molecule is CC(C)CC(NC(=O)C1CCCN1C(=O)C(NC(=O)C(Cc1cnc[nH]1)NC(=O)C(NC(=O)C(CO)NC(=O)C(CCC(N)=O)NC(=O)C(N)CO)C(C)O)C(C)C)C(=O)NC(C(=O)O)C(C)O. The molecule has 1 aromatic rings. The van der Waals surface area contributed by atoms with Gasteiger partial charge in [0, 0.05) is 31.3 Å². The molecule has 1 aromatic heterocycles. The first-order chi connectivity index (χ1) is 31.8. The number of rotatable bonds is 28. The number of aliphatic carboxylic acids is 1. The highest BCUT2D eigenvalue weighted by Gasteiger charge is 2.42. The van der Waals surface area contributed by atoms with Crippen LogP contribution in [0.5, 0.6) is 0 Å². The zero-order valence-corrected chi connectivity index (χ0v) is 38.9. The summed E-state index contributed by atoms with van der Waals surface area (Å²) in [5.41, 5.74) is 11.0. The van der Waals surface area contributed by atoms with Crippen LogP contribution in [0.15, 0.2) is 12.5 Å². The summed E-state index contributed by atoms with van der Waals surface area (Å²) < 4.78 is 0. The van der Waals surface area contributed by atoms with E-state index in [1.165, 1.54) is 24.3 Å². The van der Waals surface area contributed by atoms with Gasteiger partial charge in [-0.2, -0.15) is 0 Å². The van der Waals surface area contributed by atoms with Gasteiger partial charge in [0.1, 0.15) is 48.3 Å². The lowest BCUT2D eigenvalue weighted by Crippen LogP contribution is -2.63. The van der Waals surface area contributed by atoms with Crippen LogP contribution in [0.3, 0.4) is 0 Å². The quantitative estimate of drug-likeness (QED) is 0.0371. The Hall–Kier alpha value is -6.29. The lowest BCUT2D eigenvalue weighted by atomic mass is 10.00. The molecule has 0 bridgehead atoms. The van der Waals surface area contributed by atoms with Gasteiger partial charge in [0.2, 0.25) is 53.2 Å². The number of carbonyl (C=O) groups is 10. The van der Waals surface area contributed by atoms with E-state index in [1.54, 1.807) is 27.7 Å². The van der Waals surface area contributed by atoms with Gasteiger partial charge in [0.15, 0.2) is 6.04 Å². The van der Waals surface area contributed by atoms with Crippen molar-refractivity contribution < 1.29 is 73.5 Å². The second-order valence-corrected chi connectivity index (χ2v) is 17.3. The largest absolute Gasteiger partial charge is 0.480 e. The van der Waals surface area contributed by atoms with Crippen LogP contribution in [-0.2, 0) is 54.4 Å². The maximum absolute atomic E-state index is 14.3. The predicted octanol–water partition coefficient (Wildman–Crippen LogP) is -6.54. The van der Waals surface area contributed by atoms with E-state index >= 15 is 0 Å². The number of nitrogens with zero attached hydrogens (tertiary/aromatic N) is 2. The van der Waals surface area contributed by atoms with Crippen molar-refractivity contribution in [2.75, 3.05) is 19.8 Å². The third-order valence-corrected chi connectivity index (χ3v) is 10.8. The fourth-order valence-electron chi connectivity index (χ4n) is 6.99. The molecular formula is C41H68N12O15. The molecule has 0 aliphatic carbocycles. The van der Waals surface area contributed by atoms with E-state index in [0.29, 0.717) is 12.1 Å². The van der Waals surface area contributed by atoms with E-state index < -0.39 is 151 Å². The molecule has 11 atom stereocenters. The summed E-state index contributed by atoms with van der Waals surface area (Å²) in [7, 11) is 0. The van der Waals surface area contributed by atoms with Crippen molar-refractivity contribution in [1.82, 2.24) is 52.1 Å². The Morgan fingerprint density at radius 1 is 0.721 bits per heavy atom. The molecule has 2 rings (SSSR count). The van der Waals surface area contributed by atoms with Gasteiger partial charge < -0.3 is 84.1 Å². The number of nitrogens with two attached hydrogens (primary N) is 2. The van der Waals surface area contributed by atoms with E-state index in [9.17, 15) is 73.5 Å². The summed E-state index contributed by atoms with van der Waals surface area (Å²) in [6.45, 7) is 7.30. The fourth-order valence-corrected chi connectivity index (χ4v) is 6.99. The first-order valence-electron chi connectivity index (χ1n) is 22.1. The van der Waals surface area contributed by atoms with Crippen LogP contribution in [0.2, 0.25) is 0 Å². The molecule has 0 radical (unpaired) electrons. The van der Waals surface area contributed by atoms with Gasteiger partial charge in [-0.25, -0.2) is 9.78 Å². The Morgan fingerprint density at radius 3 is 1.78 bits per heavy atom. The van der Waals surface area contributed by atoms with Crippen molar-refractivity contribution in [2.45, 2.75) is 147 Å². The van der Waals surface area contributed by atoms with Crippen molar-refractivity contribution in [3.05, 3.63) is 18.2 Å². The first kappa shape index (κ1) is 57.8. The molecule has 1 fully saturated rings. The highest BCUT2D eigenvalue weighted by molar-refractivity contribution is 5.98. The van der Waals surface area contributed by atoms with Gasteiger partial charge in [0.25, 0.3) is 0 Å². The monoisotopic (exact) mass is 968 g/mol. The average Bonchev–Trinajstić information content (AvgIpc) is 3.98. The van der Waals surface area contributed by atoms with Crippen LogP contribution >= 0.6 is 0 Å². The number of aliphatic hydroxyl groups excluding tert-OH is 4. The number of hydrogen-bond donors (Lipinski definition) is 15. The molecule has 17 N–H and O–H groups in total. The topological polar surface area (TPSA) is 440 Å². The number of carboxylic acids is 1. The standard InChI is InChI=1S/C41H68N12O15/c1-18(2)12-25(35(61)52-32(21(6)57)41(67)68)47-38(64)28-8-7-11-53(28)40(66)30(19(3)4)50-36(62)26(13-22-14-44-17-45-22)48-39(65)31(20(5)56)51-37(63)27(16-55)49-34(60)24(9-10-29(43)58)46-33(59)23(42)15-54/h14,17-21,23-28,30-32,54-57H,7-13,15-16,42H2,1-6H3,(H2,43,58)(H,44,45)(H,46,59)(H,47,64)(H,48,65)(H,49,60)(H,50,62)(H,51,63)(H,52,61)(H,67,68). The first-order valence-corrected chi connectivity index (χ1v) is 22.1. The zero-order valence-electron chi connectivity index (χ0n) is 38.9. The van der Waals surface area contributed by atoms with Crippen LogP contribution < -0.4 is 48.7 Å². The Morgan fingerprint density at radius 2 is 1.26 bits per heavy atom. The number of imidazole rings is 1. The molecule has 68 heavy (non-hydrogen) atoms. The Labute approximate surface area is 392 Å². The van der Waals surface area contributed by atoms with Crippen LogP contribution in [0, 0.1) is 11.8 Å². The van der Waals surface area contributed by atoms with Gasteiger partial charge in [-0.15, -0.1) is 0 Å². The highest BCUT2D eigenvalue weighted by atomic mass is 16.4. The number of hydrogen-bond acceptors (Lipinski definition) is 16. The van der Waals surface area contributed by atoms with Gasteiger partial charge in [-0.1, -0.05) is 27.7 Å². The molecule has 1 saturated heterocycles. The number of carboxylic acid groups (broad SMARTS) is 1. The van der Waals surface area contributed by atoms with Gasteiger partial charge in [0.05, 0.1) is 31.7 Å². The smallest absolute Gasteiger partial charge is 0.328 e. The molecule has 1 aliphatic rings. The number of primary amides is 1. The maximum atomic E-state index is 14.3. The molecule has 27 heteroatoms. The molecule has 0 saturated carbocycles. The molecule has 27 nitrogen and oxygen atoms in total. The summed E-state index contributed by atoms with van der Waals surface area (Å²) in [5.74, 6) is -10.7. The second kappa shape index (κ2) is 27.5. The zero-order chi connectivity index (χ0) is 51.6. The molecule has 0 spiro atoms. The average molecular weight is 969 g/mol. The van der Waals surface area contributed by atoms with Crippen molar-refractivity contribution in [1.29, 1.82) is 0 Å². The summed E-state index contributed by atoms with van der Waals surface area (Å²) in [5, 5.41) is 65.8. The van der Waals surface area contributed by atoms with Gasteiger partial charge in [-0.05, 0) is 51.4 Å². The maximum Gasteiger partial charge on any atom is 0.328 e. The van der Waals surface area contributed by atoms with E-state index in [-0.39, 0.29) is 38.1 Å². The normalized spacial score (nSPS) is 18.0. The van der Waals surface area contributed by atoms with E-state index in [1.807, 2.05) is 0 Å². The number of H-pyrrole nitrogens is 1. The minimum Gasteiger partial charge on any atom is -0.480 e. The third kappa shape index (κ3) is 17.7. The van der Waals surface area contributed by atoms with E-state index in [0.717, 1.165) is 6.92 Å². The van der Waals surface area contributed by atoms with Crippen molar-refractivity contribution in [3.63, 3.8) is 0 Å². The van der Waals surface area contributed by atoms with Crippen LogP contribution in [-0.4, -0.2) is 186 Å². The van der Waals surface area contributed by atoms with Crippen molar-refractivity contribution in [2.24, 2.45) is 23.3 Å². The predicted molar refractivity (Wildman–Crippen MR) is 236 cm³/mol. The van der Waals surface area contributed by atoms with Crippen LogP contribution in [0.25, 0.3) is 0 Å². The molecule has 9 amide bonds. The molecule has 382 valence electrons. The number of aliphatic hydroxyl groups is 4. The molecule has 0 aromatic carbocycles. The summed E-state index contributed by atoms with van der Waals surface area (Å²) in [4.78, 5) is 139. The molecule has 2 heterocycles. The Bertz CT molecular complexity index is 1910. The van der Waals surface area contributed by atoms with Gasteiger partial charge >= 0.3 is 5.97 Å². The van der Waals surface area contributed by atoms with Crippen LogP contribution in [0.1, 0.15) is 79.3 Å². The number of aromatic amines is 1. The van der Waals surface area contributed by atoms with Crippen molar-refractivity contribution in [3.8, 4) is 0 Å². The van der Waals surface area contributed by atoms with Crippen molar-refractivity contribution >= 4 is 59.1 Å². The Balaban J connectivity index is 2.32. The molecular weight excluding hydrogens is 901 g/mol. The van der Waals surface area contributed by atoms with Crippen LogP contribution in [0.4, 0.5) is 0 Å². The number of amides is 9. The minimum absolute atomic E-state index is 0.0834. The number of likely N-dealkylation sites (tertiary alicyclic amines) is 1. The molecule has 11 unspecified atom stereocenters. The van der Waals surface area contributed by atoms with E-state index in [4.69, 9.17) is 11.5 Å². The summed E-state index contributed by atoms with van der Waals surface area (Å²) in [6, 6.07) is -13.5. The lowest BCUT2D eigenvalue weighted by molar-refractivity contribution is -0.146. The summed E-state index contributed by atoms with van der Waals surface area (Å²) >= 11 is 0. The number of carbonyl (C=O) groups excluding carboxylic acids is 9.